The molecule has 4 aromatic rings. The number of nitrogens with zero attached hydrogens (tertiary/aromatic N) is 9. The summed E-state index contributed by atoms with van der Waals surface area (Å²) in [5, 5.41) is 22.8. The van der Waals surface area contributed by atoms with E-state index >= 15 is 0 Å². The van der Waals surface area contributed by atoms with Crippen LogP contribution in [0.4, 0.5) is 0 Å². The highest BCUT2D eigenvalue weighted by Gasteiger charge is 2.53. The Hall–Kier alpha value is -3.80. The highest BCUT2D eigenvalue weighted by Crippen LogP contribution is 2.54. The van der Waals surface area contributed by atoms with E-state index in [9.17, 15) is 5.26 Å². The van der Waals surface area contributed by atoms with Gasteiger partial charge in [0.2, 0.25) is 0 Å². The molecule has 0 saturated heterocycles. The summed E-state index contributed by atoms with van der Waals surface area (Å²) in [6.45, 7) is 6.52. The number of rotatable bonds is 6. The van der Waals surface area contributed by atoms with Gasteiger partial charge in [-0.3, -0.25) is 9.36 Å². The van der Waals surface area contributed by atoms with E-state index in [1.807, 2.05) is 47.1 Å². The number of aryl methyl sites for hydroxylation is 1. The van der Waals surface area contributed by atoms with Gasteiger partial charge in [-0.2, -0.15) is 20.6 Å². The zero-order valence-corrected chi connectivity index (χ0v) is 17.6. The molecule has 1 saturated carbocycles. The van der Waals surface area contributed by atoms with Gasteiger partial charge in [-0.15, -0.1) is 0 Å². The Kier molecular flexibility index (Phi) is 4.25. The van der Waals surface area contributed by atoms with Crippen LogP contribution in [0.2, 0.25) is 0 Å². The van der Waals surface area contributed by atoms with E-state index in [0.29, 0.717) is 13.0 Å². The van der Waals surface area contributed by atoms with Crippen LogP contribution in [0.25, 0.3) is 28.0 Å². The van der Waals surface area contributed by atoms with E-state index in [0.717, 1.165) is 40.9 Å². The van der Waals surface area contributed by atoms with Gasteiger partial charge in [-0.25, -0.2) is 9.50 Å². The first-order valence-electron chi connectivity index (χ1n) is 10.1. The first kappa shape index (κ1) is 19.2. The number of aliphatic imine (C=N–C) groups is 1. The quantitative estimate of drug-likeness (QED) is 0.452. The van der Waals surface area contributed by atoms with Crippen molar-refractivity contribution in [3.05, 3.63) is 43.2 Å². The molecular weight excluding hydrogens is 390 g/mol. The van der Waals surface area contributed by atoms with Crippen LogP contribution in [0.15, 0.2) is 48.2 Å². The Morgan fingerprint density at radius 3 is 2.68 bits per heavy atom. The molecule has 4 aromatic heterocycles. The van der Waals surface area contributed by atoms with Gasteiger partial charge in [0, 0.05) is 37.1 Å². The third kappa shape index (κ3) is 3.11. The van der Waals surface area contributed by atoms with Crippen molar-refractivity contribution in [2.24, 2.45) is 17.5 Å². The van der Waals surface area contributed by atoms with Crippen LogP contribution in [0.3, 0.4) is 0 Å². The van der Waals surface area contributed by atoms with E-state index < -0.39 is 0 Å². The number of fused-ring (bicyclic) bond motifs is 1. The predicted molar refractivity (Wildman–Crippen MR) is 116 cm³/mol. The first-order valence-corrected chi connectivity index (χ1v) is 10.1. The molecule has 0 amide bonds. The molecule has 0 unspecified atom stereocenters. The lowest BCUT2D eigenvalue weighted by Crippen LogP contribution is -2.53. The Morgan fingerprint density at radius 1 is 1.16 bits per heavy atom. The maximum Gasteiger partial charge on any atom is 0.0999 e. The average Bonchev–Trinajstić information content (AvgIpc) is 3.46. The summed E-state index contributed by atoms with van der Waals surface area (Å²) in [6, 6.07) is 4.29. The lowest BCUT2D eigenvalue weighted by atomic mass is 9.57. The monoisotopic (exact) mass is 413 g/mol. The Labute approximate surface area is 179 Å². The van der Waals surface area contributed by atoms with Crippen LogP contribution in [-0.4, -0.2) is 47.4 Å². The van der Waals surface area contributed by atoms with E-state index in [-0.39, 0.29) is 11.0 Å². The predicted octanol–water partition coefficient (Wildman–Crippen LogP) is 3.10. The maximum absolute atomic E-state index is 9.47. The summed E-state index contributed by atoms with van der Waals surface area (Å²) >= 11 is 0. The van der Waals surface area contributed by atoms with E-state index in [2.05, 4.69) is 40.0 Å². The molecule has 1 aliphatic rings. The molecule has 1 fully saturated rings. The molecular formula is C22H23N9. The molecule has 1 aliphatic carbocycles. The van der Waals surface area contributed by atoms with E-state index in [1.165, 1.54) is 0 Å². The number of hydrogen-bond acceptors (Lipinski definition) is 6. The molecule has 0 spiro atoms. The summed E-state index contributed by atoms with van der Waals surface area (Å²) in [7, 11) is 1.88. The minimum atomic E-state index is -0.316. The van der Waals surface area contributed by atoms with Crippen molar-refractivity contribution < 1.29 is 0 Å². The Bertz CT molecular complexity index is 1310. The minimum absolute atomic E-state index is 0.0574. The molecule has 31 heavy (non-hydrogen) atoms. The maximum atomic E-state index is 9.47. The van der Waals surface area contributed by atoms with E-state index in [1.54, 1.807) is 17.1 Å². The molecule has 0 aliphatic heterocycles. The van der Waals surface area contributed by atoms with Gasteiger partial charge in [0.05, 0.1) is 59.7 Å². The highest BCUT2D eigenvalue weighted by molar-refractivity contribution is 5.78. The van der Waals surface area contributed by atoms with Gasteiger partial charge in [-0.1, -0.05) is 6.92 Å². The normalized spacial score (nSPS) is 22.9. The summed E-state index contributed by atoms with van der Waals surface area (Å²) in [5.74, 6) is 0. The van der Waals surface area contributed by atoms with Gasteiger partial charge in [0.1, 0.15) is 0 Å². The molecule has 5 rings (SSSR count). The molecule has 0 bridgehead atoms. The summed E-state index contributed by atoms with van der Waals surface area (Å²) in [6.07, 6.45) is 13.3. The molecule has 9 heteroatoms. The molecule has 0 radical (unpaired) electrons. The zero-order valence-electron chi connectivity index (χ0n) is 17.6. The molecule has 4 heterocycles. The van der Waals surface area contributed by atoms with Crippen molar-refractivity contribution in [2.45, 2.75) is 31.7 Å². The molecule has 9 nitrogen and oxygen atoms in total. The fourth-order valence-corrected chi connectivity index (χ4v) is 4.97. The van der Waals surface area contributed by atoms with Gasteiger partial charge >= 0.3 is 0 Å². The van der Waals surface area contributed by atoms with Crippen molar-refractivity contribution in [2.75, 3.05) is 6.54 Å². The third-order valence-corrected chi connectivity index (χ3v) is 6.15. The highest BCUT2D eigenvalue weighted by atomic mass is 15.3. The van der Waals surface area contributed by atoms with Crippen molar-refractivity contribution in [3.8, 4) is 28.6 Å². The van der Waals surface area contributed by atoms with Crippen molar-refractivity contribution in [3.63, 3.8) is 0 Å². The van der Waals surface area contributed by atoms with Crippen LogP contribution in [0, 0.1) is 16.7 Å². The molecule has 0 aromatic carbocycles. The van der Waals surface area contributed by atoms with Crippen LogP contribution in [-0.2, 0) is 12.6 Å². The van der Waals surface area contributed by atoms with Crippen LogP contribution >= 0.6 is 0 Å². The number of nitriles is 1. The lowest BCUT2D eigenvalue weighted by molar-refractivity contribution is -0.0138. The van der Waals surface area contributed by atoms with E-state index in [4.69, 9.17) is 4.98 Å². The summed E-state index contributed by atoms with van der Waals surface area (Å²) < 4.78 is 5.52. The SMILES string of the molecule is C=NC[C@]1(C)C[C@@](CC#N)(n2cc(-c3nc(-c4cnn(C)c4)cn4nccc34)cn2)C1. The van der Waals surface area contributed by atoms with Gasteiger partial charge in [0.15, 0.2) is 0 Å². The van der Waals surface area contributed by atoms with Gasteiger partial charge in [-0.05, 0) is 31.0 Å². The second-order valence-corrected chi connectivity index (χ2v) is 8.82. The fraction of sp³-hybridized carbons (Fsp3) is 0.364. The van der Waals surface area contributed by atoms with Crippen LogP contribution in [0.1, 0.15) is 26.2 Å². The van der Waals surface area contributed by atoms with Crippen LogP contribution in [0.5, 0.6) is 0 Å². The largest absolute Gasteiger partial charge is 0.300 e. The lowest BCUT2D eigenvalue weighted by Gasteiger charge is -2.53. The fourth-order valence-electron chi connectivity index (χ4n) is 4.97. The minimum Gasteiger partial charge on any atom is -0.300 e. The second-order valence-electron chi connectivity index (χ2n) is 8.82. The second kappa shape index (κ2) is 6.87. The first-order chi connectivity index (χ1) is 15.0. The number of hydrogen-bond donors (Lipinski definition) is 0. The van der Waals surface area contributed by atoms with Crippen LogP contribution < -0.4 is 0 Å². The molecule has 156 valence electrons. The molecule has 0 atom stereocenters. The van der Waals surface area contributed by atoms with Crippen molar-refractivity contribution in [1.29, 1.82) is 5.26 Å². The third-order valence-electron chi connectivity index (χ3n) is 6.15. The Morgan fingerprint density at radius 2 is 1.97 bits per heavy atom. The topological polar surface area (TPSA) is 102 Å². The smallest absolute Gasteiger partial charge is 0.0999 e. The summed E-state index contributed by atoms with van der Waals surface area (Å²) in [4.78, 5) is 9.00. The van der Waals surface area contributed by atoms with Crippen molar-refractivity contribution in [1.82, 2.24) is 34.2 Å². The molecule has 0 N–H and O–H groups in total. The Balaban J connectivity index is 1.56. The van der Waals surface area contributed by atoms with Gasteiger partial charge < -0.3 is 4.99 Å². The van der Waals surface area contributed by atoms with Crippen molar-refractivity contribution >= 4 is 12.2 Å². The van der Waals surface area contributed by atoms with Gasteiger partial charge in [0.25, 0.3) is 0 Å². The average molecular weight is 413 g/mol. The zero-order chi connectivity index (χ0) is 21.6. The number of aromatic nitrogens is 7. The standard InChI is InChI=1S/C22H23N9/c1-21(15-24-2)13-22(14-21,5-6-23)31-11-17(9-27-31)20-19-4-7-25-30(19)12-18(28-20)16-8-26-29(3)10-16/h4,7-12H,2,5,13-15H2,1,3H3/t21-,22-. The summed E-state index contributed by atoms with van der Waals surface area (Å²) in [5.41, 5.74) is 4.03.